The second kappa shape index (κ2) is 10.7. The number of fused-ring (bicyclic) bond motifs is 8. The zero-order chi connectivity index (χ0) is 31.6. The van der Waals surface area contributed by atoms with Crippen LogP contribution in [0.3, 0.4) is 0 Å². The van der Waals surface area contributed by atoms with Crippen molar-refractivity contribution in [2.45, 2.75) is 0 Å². The molecule has 0 radical (unpaired) electrons. The Kier molecular flexibility index (Phi) is 6.01. The first kappa shape index (κ1) is 27.0. The first-order chi connectivity index (χ1) is 23.8. The molecule has 10 rings (SSSR count). The maximum absolute atomic E-state index is 6.72. The maximum Gasteiger partial charge on any atom is 0.164 e. The summed E-state index contributed by atoms with van der Waals surface area (Å²) in [4.78, 5) is 15.1. The minimum atomic E-state index is 0.607. The highest BCUT2D eigenvalue weighted by molar-refractivity contribution is 7.26. The number of hydrogen-bond acceptors (Lipinski definition) is 5. The molecule has 0 amide bonds. The Morgan fingerprint density at radius 3 is 1.81 bits per heavy atom. The van der Waals surface area contributed by atoms with Gasteiger partial charge >= 0.3 is 0 Å². The van der Waals surface area contributed by atoms with E-state index in [0.29, 0.717) is 17.5 Å². The van der Waals surface area contributed by atoms with Crippen LogP contribution in [-0.4, -0.2) is 15.0 Å². The van der Waals surface area contributed by atoms with Gasteiger partial charge in [-0.1, -0.05) is 115 Å². The lowest BCUT2D eigenvalue weighted by Crippen LogP contribution is -2.00. The van der Waals surface area contributed by atoms with Crippen molar-refractivity contribution in [2.75, 3.05) is 0 Å². The molecule has 4 nitrogen and oxygen atoms in total. The monoisotopic (exact) mass is 631 g/mol. The first-order valence-corrected chi connectivity index (χ1v) is 16.8. The molecular weight excluding hydrogens is 607 g/mol. The van der Waals surface area contributed by atoms with Crippen molar-refractivity contribution in [3.05, 3.63) is 152 Å². The molecule has 0 N–H and O–H groups in total. The smallest absolute Gasteiger partial charge is 0.164 e. The highest BCUT2D eigenvalue weighted by Gasteiger charge is 2.21. The van der Waals surface area contributed by atoms with Crippen molar-refractivity contribution in [3.8, 4) is 45.3 Å². The second-order valence-corrected chi connectivity index (χ2v) is 13.1. The average molecular weight is 632 g/mol. The fourth-order valence-electron chi connectivity index (χ4n) is 6.88. The molecule has 10 aromatic rings. The fourth-order valence-corrected chi connectivity index (χ4v) is 8.00. The Labute approximate surface area is 279 Å². The van der Waals surface area contributed by atoms with Crippen LogP contribution in [0.15, 0.2) is 156 Å². The molecule has 3 heterocycles. The third-order valence-electron chi connectivity index (χ3n) is 9.14. The van der Waals surface area contributed by atoms with Crippen molar-refractivity contribution < 1.29 is 4.42 Å². The second-order valence-electron chi connectivity index (χ2n) is 12.0. The van der Waals surface area contributed by atoms with E-state index >= 15 is 0 Å². The number of thiophene rings is 1. The van der Waals surface area contributed by atoms with Gasteiger partial charge in [0.1, 0.15) is 11.2 Å². The molecule has 0 aliphatic carbocycles. The van der Waals surface area contributed by atoms with E-state index in [4.69, 9.17) is 19.4 Å². The molecule has 0 aliphatic rings. The summed E-state index contributed by atoms with van der Waals surface area (Å²) in [6.45, 7) is 0. The van der Waals surface area contributed by atoms with E-state index in [0.717, 1.165) is 49.8 Å². The van der Waals surface area contributed by atoms with Crippen molar-refractivity contribution in [1.82, 2.24) is 15.0 Å². The zero-order valence-electron chi connectivity index (χ0n) is 25.6. The van der Waals surface area contributed by atoms with Crippen molar-refractivity contribution in [2.24, 2.45) is 0 Å². The summed E-state index contributed by atoms with van der Waals surface area (Å²) in [7, 11) is 0. The van der Waals surface area contributed by atoms with E-state index in [9.17, 15) is 0 Å². The molecule has 0 unspecified atom stereocenters. The van der Waals surface area contributed by atoms with E-state index in [1.54, 1.807) is 0 Å². The molecule has 48 heavy (non-hydrogen) atoms. The van der Waals surface area contributed by atoms with E-state index in [2.05, 4.69) is 78.9 Å². The van der Waals surface area contributed by atoms with Gasteiger partial charge in [-0.15, -0.1) is 11.3 Å². The van der Waals surface area contributed by atoms with Crippen LogP contribution in [0, 0.1) is 0 Å². The average Bonchev–Trinajstić information content (AvgIpc) is 3.74. The van der Waals surface area contributed by atoms with Gasteiger partial charge < -0.3 is 4.42 Å². The van der Waals surface area contributed by atoms with E-state index in [-0.39, 0.29) is 0 Å². The van der Waals surface area contributed by atoms with Crippen LogP contribution in [0.1, 0.15) is 0 Å². The summed E-state index contributed by atoms with van der Waals surface area (Å²) in [5.41, 5.74) is 6.56. The third-order valence-corrected chi connectivity index (χ3v) is 10.3. The third kappa shape index (κ3) is 4.25. The van der Waals surface area contributed by atoms with Crippen LogP contribution in [0.2, 0.25) is 0 Å². The highest BCUT2D eigenvalue weighted by atomic mass is 32.1. The molecule has 0 spiro atoms. The minimum absolute atomic E-state index is 0.607. The lowest BCUT2D eigenvalue weighted by atomic mass is 9.95. The Balaban J connectivity index is 1.24. The quantitative estimate of drug-likeness (QED) is 0.194. The minimum Gasteiger partial charge on any atom is -0.455 e. The van der Waals surface area contributed by atoms with Crippen LogP contribution in [0.4, 0.5) is 0 Å². The normalized spacial score (nSPS) is 11.8. The molecule has 224 valence electrons. The topological polar surface area (TPSA) is 51.8 Å². The SMILES string of the molecule is c1ccc(-c2nc(-c3ccccc3)nc(-c3ccc(-c4ccc5ccc6sc7ccccc7c6c5c4)c4oc5ccccc5c34)n2)cc1. The molecule has 3 aromatic heterocycles. The standard InChI is InChI=1S/C43H25N3OS/c1-3-11-27(12-4-1)41-44-42(28-13-5-2-6-14-28)46-43(45-41)33-23-22-30(40-39(33)31-15-7-9-17-35(31)47-40)29-20-19-26-21-24-37-38(34(26)25-29)32-16-8-10-18-36(32)48-37/h1-25H. The number of aromatic nitrogens is 3. The van der Waals surface area contributed by atoms with Gasteiger partial charge in [0.15, 0.2) is 17.5 Å². The lowest BCUT2D eigenvalue weighted by Gasteiger charge is -2.11. The Morgan fingerprint density at radius 1 is 0.417 bits per heavy atom. The van der Waals surface area contributed by atoms with Crippen molar-refractivity contribution in [3.63, 3.8) is 0 Å². The molecular formula is C43H25N3OS. The van der Waals surface area contributed by atoms with E-state index in [1.165, 1.54) is 30.9 Å². The van der Waals surface area contributed by atoms with Crippen LogP contribution in [0.25, 0.3) is 98.2 Å². The fraction of sp³-hybridized carbons (Fsp3) is 0. The van der Waals surface area contributed by atoms with Crippen LogP contribution >= 0.6 is 11.3 Å². The number of nitrogens with zero attached hydrogens (tertiary/aromatic N) is 3. The number of para-hydroxylation sites is 1. The van der Waals surface area contributed by atoms with Crippen LogP contribution < -0.4 is 0 Å². The molecule has 0 fully saturated rings. The van der Waals surface area contributed by atoms with Crippen molar-refractivity contribution in [1.29, 1.82) is 0 Å². The Bertz CT molecular complexity index is 2780. The van der Waals surface area contributed by atoms with Gasteiger partial charge in [0.25, 0.3) is 0 Å². The van der Waals surface area contributed by atoms with E-state index in [1.807, 2.05) is 84.1 Å². The largest absolute Gasteiger partial charge is 0.455 e. The van der Waals surface area contributed by atoms with Gasteiger partial charge in [0.05, 0.1) is 0 Å². The predicted molar refractivity (Wildman–Crippen MR) is 199 cm³/mol. The number of rotatable bonds is 4. The summed E-state index contributed by atoms with van der Waals surface area (Å²) >= 11 is 1.84. The van der Waals surface area contributed by atoms with Gasteiger partial charge in [-0.3, -0.25) is 0 Å². The summed E-state index contributed by atoms with van der Waals surface area (Å²) in [6, 6.07) is 52.6. The molecule has 0 bridgehead atoms. The van der Waals surface area contributed by atoms with Gasteiger partial charge in [0, 0.05) is 53.2 Å². The zero-order valence-corrected chi connectivity index (χ0v) is 26.4. The van der Waals surface area contributed by atoms with Gasteiger partial charge in [-0.2, -0.15) is 0 Å². The van der Waals surface area contributed by atoms with Gasteiger partial charge in [-0.05, 0) is 52.7 Å². The summed E-state index contributed by atoms with van der Waals surface area (Å²) in [5, 5.41) is 7.08. The molecule has 7 aromatic carbocycles. The first-order valence-electron chi connectivity index (χ1n) is 15.9. The van der Waals surface area contributed by atoms with Crippen LogP contribution in [0.5, 0.6) is 0 Å². The van der Waals surface area contributed by atoms with Gasteiger partial charge in [0.2, 0.25) is 0 Å². The Hall–Kier alpha value is -6.17. The summed E-state index contributed by atoms with van der Waals surface area (Å²) in [6.07, 6.45) is 0. The molecule has 0 aliphatic heterocycles. The van der Waals surface area contributed by atoms with E-state index < -0.39 is 0 Å². The lowest BCUT2D eigenvalue weighted by molar-refractivity contribution is 0.670. The van der Waals surface area contributed by atoms with Crippen LogP contribution in [-0.2, 0) is 0 Å². The predicted octanol–water partition coefficient (Wildman–Crippen LogP) is 12.0. The number of furan rings is 1. The molecule has 0 saturated carbocycles. The highest BCUT2D eigenvalue weighted by Crippen LogP contribution is 2.44. The summed E-state index contributed by atoms with van der Waals surface area (Å²) in [5.74, 6) is 1.87. The Morgan fingerprint density at radius 2 is 1.04 bits per heavy atom. The summed E-state index contributed by atoms with van der Waals surface area (Å²) < 4.78 is 9.31. The van der Waals surface area contributed by atoms with Gasteiger partial charge in [-0.25, -0.2) is 15.0 Å². The van der Waals surface area contributed by atoms with Crippen molar-refractivity contribution >= 4 is 64.2 Å². The maximum atomic E-state index is 6.72. The molecule has 5 heteroatoms. The molecule has 0 atom stereocenters. The molecule has 0 saturated heterocycles. The number of benzene rings is 7. The number of hydrogen-bond donors (Lipinski definition) is 0.